The molecule has 84 valence electrons. The van der Waals surface area contributed by atoms with Crippen molar-refractivity contribution in [1.82, 2.24) is 0 Å². The molecule has 0 unspecified atom stereocenters. The Labute approximate surface area is 82.4 Å². The third-order valence-corrected chi connectivity index (χ3v) is 3.13. The summed E-state index contributed by atoms with van der Waals surface area (Å²) in [5.41, 5.74) is -1.23. The molecule has 1 rings (SSSR count). The molecule has 0 bridgehead atoms. The average molecular weight is 243 g/mol. The van der Waals surface area contributed by atoms with Gasteiger partial charge >= 0.3 is 5.51 Å². The summed E-state index contributed by atoms with van der Waals surface area (Å²) in [6.07, 6.45) is 0. The van der Waals surface area contributed by atoms with Crippen LogP contribution >= 0.6 is 0 Å². The van der Waals surface area contributed by atoms with E-state index in [1.165, 1.54) is 0 Å². The smallest absolute Gasteiger partial charge is 0.398 e. The van der Waals surface area contributed by atoms with Crippen molar-refractivity contribution in [2.24, 2.45) is 0 Å². The highest BCUT2D eigenvalue weighted by molar-refractivity contribution is 7.92. The second kappa shape index (κ2) is 3.37. The molecule has 0 amide bonds. The van der Waals surface area contributed by atoms with E-state index in [0.29, 0.717) is 18.2 Å². The molecular weight excluding hydrogens is 238 g/mol. The number of nitrogens with two attached hydrogens (primary N) is 1. The number of rotatable bonds is 1. The highest BCUT2D eigenvalue weighted by Gasteiger charge is 2.47. The molecule has 0 spiro atoms. The molecule has 0 aliphatic carbocycles. The number of anilines is 1. The van der Waals surface area contributed by atoms with Gasteiger partial charge in [-0.3, -0.25) is 0 Å². The van der Waals surface area contributed by atoms with E-state index in [2.05, 4.69) is 0 Å². The van der Waals surface area contributed by atoms with Gasteiger partial charge in [0, 0.05) is 0 Å². The Morgan fingerprint density at radius 2 is 1.73 bits per heavy atom. The molecule has 0 aliphatic rings. The van der Waals surface area contributed by atoms with Gasteiger partial charge in [0.2, 0.25) is 0 Å². The molecule has 0 radical (unpaired) electrons. The van der Waals surface area contributed by atoms with E-state index in [0.717, 1.165) is 0 Å². The Balaban J connectivity index is 3.42. The van der Waals surface area contributed by atoms with Crippen LogP contribution in [-0.2, 0) is 9.84 Å². The van der Waals surface area contributed by atoms with Crippen molar-refractivity contribution in [2.75, 3.05) is 5.73 Å². The second-order valence-corrected chi connectivity index (χ2v) is 4.54. The molecule has 0 saturated carbocycles. The van der Waals surface area contributed by atoms with Gasteiger partial charge in [0.05, 0.1) is 10.6 Å². The van der Waals surface area contributed by atoms with Crippen molar-refractivity contribution in [3.05, 3.63) is 24.0 Å². The van der Waals surface area contributed by atoms with E-state index >= 15 is 0 Å². The van der Waals surface area contributed by atoms with Crippen molar-refractivity contribution in [1.29, 1.82) is 0 Å². The summed E-state index contributed by atoms with van der Waals surface area (Å²) in [5, 5.41) is 0. The van der Waals surface area contributed by atoms with Crippen LogP contribution in [0.2, 0.25) is 0 Å². The first-order valence-corrected chi connectivity index (χ1v) is 5.01. The predicted octanol–water partition coefficient (Wildman–Crippen LogP) is 1.70. The fourth-order valence-corrected chi connectivity index (χ4v) is 1.75. The van der Waals surface area contributed by atoms with Crippen LogP contribution in [0.4, 0.5) is 23.2 Å². The van der Waals surface area contributed by atoms with E-state index in [4.69, 9.17) is 5.73 Å². The number of nitrogen functional groups attached to an aromatic ring is 1. The maximum atomic E-state index is 12.5. The predicted molar refractivity (Wildman–Crippen MR) is 44.1 cm³/mol. The number of hydrogen-bond donors (Lipinski definition) is 1. The maximum Gasteiger partial charge on any atom is 0.501 e. The van der Waals surface area contributed by atoms with E-state index < -0.39 is 31.7 Å². The minimum Gasteiger partial charge on any atom is -0.398 e. The topological polar surface area (TPSA) is 60.2 Å². The summed E-state index contributed by atoms with van der Waals surface area (Å²) in [6.45, 7) is 0. The van der Waals surface area contributed by atoms with Crippen LogP contribution in [0.5, 0.6) is 0 Å². The molecule has 0 heterocycles. The normalized spacial score (nSPS) is 12.8. The minimum absolute atomic E-state index is 0.480. The Kier molecular flexibility index (Phi) is 2.64. The molecule has 3 nitrogen and oxygen atoms in total. The number of hydrogen-bond acceptors (Lipinski definition) is 3. The zero-order valence-electron chi connectivity index (χ0n) is 7.05. The summed E-state index contributed by atoms with van der Waals surface area (Å²) >= 11 is 0. The molecule has 0 fully saturated rings. The molecule has 2 N–H and O–H groups in total. The van der Waals surface area contributed by atoms with E-state index in [1.54, 1.807) is 0 Å². The van der Waals surface area contributed by atoms with Gasteiger partial charge in [-0.15, -0.1) is 0 Å². The monoisotopic (exact) mass is 243 g/mol. The largest absolute Gasteiger partial charge is 0.501 e. The summed E-state index contributed by atoms with van der Waals surface area (Å²) in [4.78, 5) is -1.14. The average Bonchev–Trinajstić information content (AvgIpc) is 2.00. The first-order valence-electron chi connectivity index (χ1n) is 3.52. The van der Waals surface area contributed by atoms with Gasteiger partial charge in [-0.05, 0) is 18.2 Å². The zero-order chi connectivity index (χ0) is 11.9. The lowest BCUT2D eigenvalue weighted by atomic mass is 10.3. The lowest BCUT2D eigenvalue weighted by Crippen LogP contribution is -2.24. The van der Waals surface area contributed by atoms with Crippen molar-refractivity contribution >= 4 is 15.5 Å². The third-order valence-electron chi connectivity index (χ3n) is 1.57. The van der Waals surface area contributed by atoms with Gasteiger partial charge < -0.3 is 5.73 Å². The van der Waals surface area contributed by atoms with Crippen LogP contribution in [0.15, 0.2) is 23.1 Å². The Morgan fingerprint density at radius 1 is 1.20 bits per heavy atom. The van der Waals surface area contributed by atoms with E-state index in [-0.39, 0.29) is 0 Å². The van der Waals surface area contributed by atoms with Crippen molar-refractivity contribution < 1.29 is 26.0 Å². The fourth-order valence-electron chi connectivity index (χ4n) is 0.889. The maximum absolute atomic E-state index is 12.5. The van der Waals surface area contributed by atoms with E-state index in [1.807, 2.05) is 0 Å². The van der Waals surface area contributed by atoms with Crippen LogP contribution in [-0.4, -0.2) is 13.9 Å². The van der Waals surface area contributed by atoms with Gasteiger partial charge in [-0.1, -0.05) is 0 Å². The van der Waals surface area contributed by atoms with Crippen LogP contribution in [0.1, 0.15) is 0 Å². The molecule has 0 atom stereocenters. The molecule has 15 heavy (non-hydrogen) atoms. The lowest BCUT2D eigenvalue weighted by molar-refractivity contribution is -0.0435. The zero-order valence-corrected chi connectivity index (χ0v) is 7.86. The van der Waals surface area contributed by atoms with Gasteiger partial charge in [0.15, 0.2) is 0 Å². The summed E-state index contributed by atoms with van der Waals surface area (Å²) in [7, 11) is -5.52. The highest BCUT2D eigenvalue weighted by atomic mass is 32.2. The number of sulfone groups is 1. The fraction of sp³-hybridized carbons (Fsp3) is 0.143. The molecule has 0 saturated heterocycles. The van der Waals surface area contributed by atoms with Gasteiger partial charge in [0.1, 0.15) is 5.82 Å². The highest BCUT2D eigenvalue weighted by Crippen LogP contribution is 2.33. The Bertz CT molecular complexity index is 480. The Hall–Kier alpha value is -1.31. The first kappa shape index (κ1) is 11.8. The molecule has 0 aromatic heterocycles. The van der Waals surface area contributed by atoms with Gasteiger partial charge in [-0.2, -0.15) is 13.2 Å². The van der Waals surface area contributed by atoms with Crippen molar-refractivity contribution in [3.63, 3.8) is 0 Å². The van der Waals surface area contributed by atoms with Crippen LogP contribution < -0.4 is 5.73 Å². The number of halogens is 4. The summed E-state index contributed by atoms with van der Waals surface area (Å²) in [5.74, 6) is -0.909. The summed E-state index contributed by atoms with van der Waals surface area (Å²) in [6, 6.07) is 1.58. The molecule has 1 aromatic carbocycles. The van der Waals surface area contributed by atoms with Crippen molar-refractivity contribution in [3.8, 4) is 0 Å². The number of benzene rings is 1. The van der Waals surface area contributed by atoms with Gasteiger partial charge in [0.25, 0.3) is 9.84 Å². The van der Waals surface area contributed by atoms with E-state index in [9.17, 15) is 26.0 Å². The Morgan fingerprint density at radius 3 is 2.13 bits per heavy atom. The quantitative estimate of drug-likeness (QED) is 0.464. The van der Waals surface area contributed by atoms with Crippen LogP contribution in [0.3, 0.4) is 0 Å². The SMILES string of the molecule is Nc1cc(F)ccc1S(=O)(=O)C(F)(F)F. The van der Waals surface area contributed by atoms with Gasteiger partial charge in [-0.25, -0.2) is 12.8 Å². The third kappa shape index (κ3) is 2.04. The van der Waals surface area contributed by atoms with Crippen LogP contribution in [0, 0.1) is 5.82 Å². The molecule has 1 aromatic rings. The molecular formula is C7H5F4NO2S. The second-order valence-electron chi connectivity index (χ2n) is 2.63. The molecule has 0 aliphatic heterocycles. The first-order chi connectivity index (χ1) is 6.66. The number of alkyl halides is 3. The van der Waals surface area contributed by atoms with Crippen molar-refractivity contribution in [2.45, 2.75) is 10.4 Å². The van der Waals surface area contributed by atoms with Crippen LogP contribution in [0.25, 0.3) is 0 Å². The standard InChI is InChI=1S/C7H5F4NO2S/c8-4-1-2-6(5(12)3-4)15(13,14)7(9,10)11/h1-3H,12H2. The summed E-state index contributed by atoms with van der Waals surface area (Å²) < 4.78 is 70.4. The minimum atomic E-state index is -5.52. The lowest BCUT2D eigenvalue weighted by Gasteiger charge is -2.09. The molecule has 8 heteroatoms.